The molecule has 100 valence electrons. The normalized spacial score (nSPS) is 25.9. The summed E-state index contributed by atoms with van der Waals surface area (Å²) in [5.41, 5.74) is 2.87. The molecule has 0 spiro atoms. The van der Waals surface area contributed by atoms with Crippen LogP contribution in [0, 0.1) is 5.92 Å². The van der Waals surface area contributed by atoms with Crippen LogP contribution in [0.15, 0.2) is 24.3 Å². The molecule has 0 bridgehead atoms. The zero-order valence-electron chi connectivity index (χ0n) is 11.4. The van der Waals surface area contributed by atoms with E-state index in [1.807, 2.05) is 0 Å². The van der Waals surface area contributed by atoms with E-state index in [1.54, 1.807) is 0 Å². The summed E-state index contributed by atoms with van der Waals surface area (Å²) in [6, 6.07) is 8.68. The average Bonchev–Trinajstić information content (AvgIpc) is 2.51. The lowest BCUT2D eigenvalue weighted by Gasteiger charge is -2.23. The maximum absolute atomic E-state index is 11.7. The van der Waals surface area contributed by atoms with Gasteiger partial charge in [-0.2, -0.15) is 0 Å². The van der Waals surface area contributed by atoms with Crippen molar-refractivity contribution in [2.45, 2.75) is 26.8 Å². The molecule has 18 heavy (non-hydrogen) atoms. The van der Waals surface area contributed by atoms with E-state index in [1.165, 1.54) is 11.1 Å². The first-order valence-corrected chi connectivity index (χ1v) is 8.32. The third-order valence-electron chi connectivity index (χ3n) is 3.57. The summed E-state index contributed by atoms with van der Waals surface area (Å²) in [5, 5.41) is 0. The summed E-state index contributed by atoms with van der Waals surface area (Å²) in [6.45, 7) is 7.46. The van der Waals surface area contributed by atoms with Crippen LogP contribution in [0.3, 0.4) is 0 Å². The topological polar surface area (TPSA) is 20.3 Å². The highest BCUT2D eigenvalue weighted by molar-refractivity contribution is 7.85. The van der Waals surface area contributed by atoms with Crippen molar-refractivity contribution in [2.24, 2.45) is 5.92 Å². The van der Waals surface area contributed by atoms with Gasteiger partial charge in [0.1, 0.15) is 0 Å². The van der Waals surface area contributed by atoms with E-state index in [4.69, 9.17) is 0 Å². The van der Waals surface area contributed by atoms with Gasteiger partial charge in [-0.25, -0.2) is 0 Å². The fourth-order valence-electron chi connectivity index (χ4n) is 2.66. The molecule has 1 saturated heterocycles. The van der Waals surface area contributed by atoms with Crippen LogP contribution in [0.1, 0.15) is 25.0 Å². The number of aryl methyl sites for hydroxylation is 1. The predicted octanol–water partition coefficient (Wildman–Crippen LogP) is 2.45. The van der Waals surface area contributed by atoms with Crippen molar-refractivity contribution in [1.82, 2.24) is 4.90 Å². The van der Waals surface area contributed by atoms with Gasteiger partial charge in [-0.1, -0.05) is 38.1 Å². The molecule has 1 aliphatic rings. The third kappa shape index (κ3) is 3.66. The highest BCUT2D eigenvalue weighted by Gasteiger charge is 2.19. The molecule has 0 amide bonds. The van der Waals surface area contributed by atoms with Gasteiger partial charge in [0.15, 0.2) is 0 Å². The Balaban J connectivity index is 2.06. The third-order valence-corrected chi connectivity index (χ3v) is 5.15. The van der Waals surface area contributed by atoms with Crippen LogP contribution >= 0.6 is 0 Å². The van der Waals surface area contributed by atoms with Gasteiger partial charge < -0.3 is 0 Å². The van der Waals surface area contributed by atoms with Gasteiger partial charge in [0, 0.05) is 41.9 Å². The largest absolute Gasteiger partial charge is 0.298 e. The molecule has 1 heterocycles. The minimum absolute atomic E-state index is 0.544. The van der Waals surface area contributed by atoms with Gasteiger partial charge in [0.25, 0.3) is 0 Å². The van der Waals surface area contributed by atoms with Crippen LogP contribution < -0.4 is 0 Å². The summed E-state index contributed by atoms with van der Waals surface area (Å²) < 4.78 is 11.7. The molecule has 1 aromatic rings. The summed E-state index contributed by atoms with van der Waals surface area (Å²) in [5.74, 6) is 2.24. The summed E-state index contributed by atoms with van der Waals surface area (Å²) >= 11 is 0. The first-order valence-electron chi connectivity index (χ1n) is 6.83. The zero-order valence-corrected chi connectivity index (χ0v) is 12.2. The summed E-state index contributed by atoms with van der Waals surface area (Å²) in [7, 11) is -0.615. The highest BCUT2D eigenvalue weighted by atomic mass is 32.2. The second-order valence-corrected chi connectivity index (χ2v) is 6.89. The second-order valence-electron chi connectivity index (χ2n) is 5.27. The number of rotatable bonds is 3. The lowest BCUT2D eigenvalue weighted by atomic mass is 10.0. The van der Waals surface area contributed by atoms with Crippen LogP contribution in [0.5, 0.6) is 0 Å². The van der Waals surface area contributed by atoms with Gasteiger partial charge >= 0.3 is 0 Å². The molecular weight excluding hydrogens is 242 g/mol. The Morgan fingerprint density at radius 1 is 1.33 bits per heavy atom. The molecular formula is C15H23NOS. The molecule has 1 fully saturated rings. The smallest absolute Gasteiger partial charge is 0.0362 e. The molecule has 2 nitrogen and oxygen atoms in total. The van der Waals surface area contributed by atoms with Crippen LogP contribution in [-0.4, -0.2) is 33.7 Å². The Kier molecular flexibility index (Phi) is 4.95. The SMILES string of the molecule is CCc1ccccc1CN1CC[S@](=O)C[C@H](C)C1. The Labute approximate surface area is 113 Å². The molecule has 2 atom stereocenters. The fraction of sp³-hybridized carbons (Fsp3) is 0.600. The van der Waals surface area contributed by atoms with Crippen molar-refractivity contribution in [3.05, 3.63) is 35.4 Å². The molecule has 0 radical (unpaired) electrons. The lowest BCUT2D eigenvalue weighted by Crippen LogP contribution is -2.29. The Morgan fingerprint density at radius 3 is 2.78 bits per heavy atom. The van der Waals surface area contributed by atoms with Crippen molar-refractivity contribution >= 4 is 10.8 Å². The van der Waals surface area contributed by atoms with Crippen LogP contribution in [0.2, 0.25) is 0 Å². The van der Waals surface area contributed by atoms with E-state index < -0.39 is 10.8 Å². The van der Waals surface area contributed by atoms with Crippen molar-refractivity contribution in [2.75, 3.05) is 24.6 Å². The van der Waals surface area contributed by atoms with E-state index in [-0.39, 0.29) is 0 Å². The minimum atomic E-state index is -0.615. The molecule has 2 rings (SSSR count). The number of hydrogen-bond acceptors (Lipinski definition) is 2. The number of benzene rings is 1. The molecule has 0 aromatic heterocycles. The number of nitrogens with zero attached hydrogens (tertiary/aromatic N) is 1. The van der Waals surface area contributed by atoms with Gasteiger partial charge in [-0.3, -0.25) is 9.11 Å². The van der Waals surface area contributed by atoms with Crippen molar-refractivity contribution in [1.29, 1.82) is 0 Å². The van der Waals surface area contributed by atoms with Gasteiger partial charge in [-0.05, 0) is 23.5 Å². The van der Waals surface area contributed by atoms with E-state index in [0.29, 0.717) is 5.92 Å². The van der Waals surface area contributed by atoms with Crippen LogP contribution in [0.25, 0.3) is 0 Å². The second kappa shape index (κ2) is 6.48. The Bertz CT molecular complexity index is 419. The maximum atomic E-state index is 11.7. The van der Waals surface area contributed by atoms with Crippen molar-refractivity contribution in [3.63, 3.8) is 0 Å². The fourth-order valence-corrected chi connectivity index (χ4v) is 4.03. The quantitative estimate of drug-likeness (QED) is 0.837. The molecule has 0 aliphatic carbocycles. The molecule has 1 aliphatic heterocycles. The summed E-state index contributed by atoms with van der Waals surface area (Å²) in [6.07, 6.45) is 1.09. The molecule has 0 saturated carbocycles. The first kappa shape index (κ1) is 13.8. The highest BCUT2D eigenvalue weighted by Crippen LogP contribution is 2.15. The monoisotopic (exact) mass is 265 g/mol. The van der Waals surface area contributed by atoms with Crippen LogP contribution in [0.4, 0.5) is 0 Å². The zero-order chi connectivity index (χ0) is 13.0. The van der Waals surface area contributed by atoms with E-state index in [9.17, 15) is 4.21 Å². The van der Waals surface area contributed by atoms with Gasteiger partial charge in [0.2, 0.25) is 0 Å². The van der Waals surface area contributed by atoms with Gasteiger partial charge in [0.05, 0.1) is 0 Å². The van der Waals surface area contributed by atoms with Crippen LogP contribution in [-0.2, 0) is 23.8 Å². The summed E-state index contributed by atoms with van der Waals surface area (Å²) in [4.78, 5) is 2.46. The number of hydrogen-bond donors (Lipinski definition) is 0. The van der Waals surface area contributed by atoms with Crippen molar-refractivity contribution in [3.8, 4) is 0 Å². The average molecular weight is 265 g/mol. The maximum Gasteiger partial charge on any atom is 0.0362 e. The van der Waals surface area contributed by atoms with Gasteiger partial charge in [-0.15, -0.1) is 0 Å². The lowest BCUT2D eigenvalue weighted by molar-refractivity contribution is 0.256. The predicted molar refractivity (Wildman–Crippen MR) is 78.1 cm³/mol. The molecule has 1 aromatic carbocycles. The first-order chi connectivity index (χ1) is 8.69. The Morgan fingerprint density at radius 2 is 2.06 bits per heavy atom. The van der Waals surface area contributed by atoms with Crippen molar-refractivity contribution < 1.29 is 4.21 Å². The minimum Gasteiger partial charge on any atom is -0.298 e. The van der Waals surface area contributed by atoms with E-state index in [0.717, 1.165) is 37.6 Å². The van der Waals surface area contributed by atoms with E-state index >= 15 is 0 Å². The Hall–Kier alpha value is -0.670. The molecule has 0 N–H and O–H groups in total. The standard InChI is InChI=1S/C15H23NOS/c1-3-14-6-4-5-7-15(14)11-16-8-9-18(17)12-13(2)10-16/h4-7,13H,3,8-12H2,1-2H3/t13-,18+/m1/s1. The van der Waals surface area contributed by atoms with E-state index in [2.05, 4.69) is 43.0 Å². The molecule has 3 heteroatoms. The molecule has 0 unspecified atom stereocenters.